The van der Waals surface area contributed by atoms with Crippen LogP contribution in [0.25, 0.3) is 0 Å². The van der Waals surface area contributed by atoms with E-state index in [1.54, 1.807) is 11.6 Å². The average Bonchev–Trinajstić information content (AvgIpc) is 3.60. The standard InChI is InChI=1S/C22H21N3O6S/c1-29-20(27)17-9-10-18(31-17)25(21-23-11-13-32-21)19(26)16-8-5-12-24(16)22(28)30-14-15-6-3-2-4-7-15/h2-4,6-7,9-11,13,16H,5,8,12,14H2,1H3. The van der Waals surface area contributed by atoms with Gasteiger partial charge >= 0.3 is 12.1 Å². The number of thiazole rings is 1. The number of carbonyl (C=O) groups excluding carboxylic acids is 3. The lowest BCUT2D eigenvalue weighted by molar-refractivity contribution is -0.122. The molecule has 1 aromatic carbocycles. The average molecular weight is 455 g/mol. The van der Waals surface area contributed by atoms with Gasteiger partial charge in [-0.15, -0.1) is 11.3 Å². The van der Waals surface area contributed by atoms with E-state index in [9.17, 15) is 14.4 Å². The molecule has 32 heavy (non-hydrogen) atoms. The summed E-state index contributed by atoms with van der Waals surface area (Å²) < 4.78 is 15.7. The van der Waals surface area contributed by atoms with E-state index in [1.165, 1.54) is 40.4 Å². The summed E-state index contributed by atoms with van der Waals surface area (Å²) in [5.41, 5.74) is 0.860. The maximum atomic E-state index is 13.5. The van der Waals surface area contributed by atoms with E-state index in [2.05, 4.69) is 9.72 Å². The van der Waals surface area contributed by atoms with Crippen LogP contribution in [0.2, 0.25) is 0 Å². The van der Waals surface area contributed by atoms with Crippen molar-refractivity contribution in [2.75, 3.05) is 18.6 Å². The number of hydrogen-bond acceptors (Lipinski definition) is 8. The van der Waals surface area contributed by atoms with Gasteiger partial charge in [0.05, 0.1) is 7.11 Å². The molecule has 1 fully saturated rings. The molecule has 2 aromatic heterocycles. The first-order chi connectivity index (χ1) is 15.6. The summed E-state index contributed by atoms with van der Waals surface area (Å²) in [7, 11) is 1.24. The topological polar surface area (TPSA) is 102 Å². The highest BCUT2D eigenvalue weighted by Gasteiger charge is 2.40. The van der Waals surface area contributed by atoms with Gasteiger partial charge in [0.25, 0.3) is 5.91 Å². The van der Waals surface area contributed by atoms with E-state index in [-0.39, 0.29) is 24.2 Å². The first-order valence-electron chi connectivity index (χ1n) is 9.97. The summed E-state index contributed by atoms with van der Waals surface area (Å²) in [6.45, 7) is 0.523. The highest BCUT2D eigenvalue weighted by Crippen LogP contribution is 2.32. The summed E-state index contributed by atoms with van der Waals surface area (Å²) in [6.07, 6.45) is 2.14. The summed E-state index contributed by atoms with van der Waals surface area (Å²) in [6, 6.07) is 11.5. The lowest BCUT2D eigenvalue weighted by Gasteiger charge is -2.27. The van der Waals surface area contributed by atoms with Gasteiger partial charge in [-0.2, -0.15) is 0 Å². The van der Waals surface area contributed by atoms with Crippen molar-refractivity contribution in [3.05, 3.63) is 65.4 Å². The number of rotatable bonds is 6. The number of aromatic nitrogens is 1. The molecule has 0 N–H and O–H groups in total. The van der Waals surface area contributed by atoms with Crippen LogP contribution in [0.1, 0.15) is 29.0 Å². The molecule has 0 spiro atoms. The van der Waals surface area contributed by atoms with E-state index in [0.29, 0.717) is 24.5 Å². The van der Waals surface area contributed by atoms with Gasteiger partial charge in [-0.3, -0.25) is 9.69 Å². The number of hydrogen-bond donors (Lipinski definition) is 0. The Bertz CT molecular complexity index is 1080. The number of ether oxygens (including phenoxy) is 2. The molecule has 1 aliphatic heterocycles. The molecule has 0 saturated carbocycles. The second-order valence-electron chi connectivity index (χ2n) is 7.01. The van der Waals surface area contributed by atoms with Crippen LogP contribution in [0, 0.1) is 0 Å². The Kier molecular flexibility index (Phi) is 6.50. The molecule has 1 aliphatic rings. The van der Waals surface area contributed by atoms with E-state index in [0.717, 1.165) is 5.56 Å². The monoisotopic (exact) mass is 455 g/mol. The van der Waals surface area contributed by atoms with E-state index >= 15 is 0 Å². The molecule has 1 atom stereocenters. The summed E-state index contributed by atoms with van der Waals surface area (Å²) in [5, 5.41) is 2.09. The zero-order valence-electron chi connectivity index (χ0n) is 17.3. The summed E-state index contributed by atoms with van der Waals surface area (Å²) >= 11 is 1.24. The SMILES string of the molecule is COC(=O)c1ccc(N(C(=O)C2CCCN2C(=O)OCc2ccccc2)c2nccs2)o1. The van der Waals surface area contributed by atoms with Crippen molar-refractivity contribution in [1.82, 2.24) is 9.88 Å². The molecule has 0 aliphatic carbocycles. The molecule has 3 heterocycles. The highest BCUT2D eigenvalue weighted by molar-refractivity contribution is 7.13. The summed E-state index contributed by atoms with van der Waals surface area (Å²) in [5.74, 6) is -0.966. The molecule has 10 heteroatoms. The zero-order valence-corrected chi connectivity index (χ0v) is 18.1. The van der Waals surface area contributed by atoms with Gasteiger partial charge in [-0.05, 0) is 24.5 Å². The van der Waals surface area contributed by atoms with Crippen LogP contribution in [0.4, 0.5) is 15.8 Å². The molecule has 9 nitrogen and oxygen atoms in total. The quantitative estimate of drug-likeness (QED) is 0.518. The predicted molar refractivity (Wildman–Crippen MR) is 116 cm³/mol. The zero-order chi connectivity index (χ0) is 22.5. The minimum absolute atomic E-state index is 0.0394. The van der Waals surface area contributed by atoms with Crippen LogP contribution < -0.4 is 4.90 Å². The maximum Gasteiger partial charge on any atom is 0.410 e. The van der Waals surface area contributed by atoms with E-state index in [1.807, 2.05) is 30.3 Å². The molecular weight excluding hydrogens is 434 g/mol. The van der Waals surface area contributed by atoms with Crippen molar-refractivity contribution in [3.63, 3.8) is 0 Å². The second-order valence-corrected chi connectivity index (χ2v) is 7.88. The van der Waals surface area contributed by atoms with Gasteiger partial charge in [0, 0.05) is 24.2 Å². The maximum absolute atomic E-state index is 13.5. The second kappa shape index (κ2) is 9.65. The largest absolute Gasteiger partial charge is 0.463 e. The van der Waals surface area contributed by atoms with E-state index < -0.39 is 18.1 Å². The Balaban J connectivity index is 1.54. The fourth-order valence-corrected chi connectivity index (χ4v) is 4.13. The Morgan fingerprint density at radius 3 is 2.75 bits per heavy atom. The molecule has 0 bridgehead atoms. The number of carbonyl (C=O) groups is 3. The lowest BCUT2D eigenvalue weighted by atomic mass is 10.2. The lowest BCUT2D eigenvalue weighted by Crippen LogP contribution is -2.46. The first-order valence-corrected chi connectivity index (χ1v) is 10.9. The van der Waals surface area contributed by atoms with Crippen molar-refractivity contribution in [2.24, 2.45) is 0 Å². The third-order valence-corrected chi connectivity index (χ3v) is 5.76. The molecule has 4 rings (SSSR count). The smallest absolute Gasteiger partial charge is 0.410 e. The van der Waals surface area contributed by atoms with Crippen LogP contribution in [0.3, 0.4) is 0 Å². The molecule has 3 aromatic rings. The van der Waals surface area contributed by atoms with Crippen molar-refractivity contribution >= 4 is 40.3 Å². The number of anilines is 2. The van der Waals surface area contributed by atoms with Gasteiger partial charge in [0.1, 0.15) is 12.6 Å². The molecule has 1 unspecified atom stereocenters. The molecular formula is C22H21N3O6S. The minimum atomic E-state index is -0.742. The van der Waals surface area contributed by atoms with Crippen LogP contribution in [0.5, 0.6) is 0 Å². The fourth-order valence-electron chi connectivity index (χ4n) is 3.47. The Hall–Kier alpha value is -3.66. The van der Waals surface area contributed by atoms with Crippen LogP contribution in [-0.2, 0) is 20.9 Å². The fraction of sp³-hybridized carbons (Fsp3) is 0.273. The van der Waals surface area contributed by atoms with Crippen molar-refractivity contribution in [2.45, 2.75) is 25.5 Å². The van der Waals surface area contributed by atoms with Gasteiger partial charge < -0.3 is 13.9 Å². The van der Waals surface area contributed by atoms with E-state index in [4.69, 9.17) is 9.15 Å². The molecule has 1 saturated heterocycles. The molecule has 166 valence electrons. The van der Waals surface area contributed by atoms with Crippen molar-refractivity contribution in [3.8, 4) is 0 Å². The third-order valence-electron chi connectivity index (χ3n) is 5.01. The number of esters is 1. The Morgan fingerprint density at radius 2 is 2.03 bits per heavy atom. The van der Waals surface area contributed by atoms with Crippen molar-refractivity contribution in [1.29, 1.82) is 0 Å². The number of benzene rings is 1. The van der Waals surface area contributed by atoms with Crippen LogP contribution in [0.15, 0.2) is 58.5 Å². The molecule has 2 amide bonds. The normalized spacial score (nSPS) is 15.4. The Morgan fingerprint density at radius 1 is 1.22 bits per heavy atom. The number of methoxy groups -OCH3 is 1. The van der Waals surface area contributed by atoms with Crippen LogP contribution >= 0.6 is 11.3 Å². The van der Waals surface area contributed by atoms with Crippen LogP contribution in [-0.4, -0.2) is 47.6 Å². The van der Waals surface area contributed by atoms with Gasteiger partial charge in [-0.1, -0.05) is 30.3 Å². The predicted octanol–water partition coefficient (Wildman–Crippen LogP) is 3.99. The summed E-state index contributed by atoms with van der Waals surface area (Å²) in [4.78, 5) is 45.0. The number of furan rings is 1. The Labute approximate surface area is 188 Å². The van der Waals surface area contributed by atoms with Gasteiger partial charge in [-0.25, -0.2) is 19.5 Å². The molecule has 0 radical (unpaired) electrons. The minimum Gasteiger partial charge on any atom is -0.463 e. The first kappa shape index (κ1) is 21.6. The number of nitrogens with zero attached hydrogens (tertiary/aromatic N) is 3. The number of amides is 2. The van der Waals surface area contributed by atoms with Gasteiger partial charge in [0.15, 0.2) is 5.13 Å². The van der Waals surface area contributed by atoms with Gasteiger partial charge in [0.2, 0.25) is 11.6 Å². The number of likely N-dealkylation sites (tertiary alicyclic amines) is 1. The van der Waals surface area contributed by atoms with Crippen molar-refractivity contribution < 1.29 is 28.3 Å². The third kappa shape index (κ3) is 4.50. The highest BCUT2D eigenvalue weighted by atomic mass is 32.1.